The lowest BCUT2D eigenvalue weighted by Crippen LogP contribution is -2.12. The molecule has 0 aliphatic carbocycles. The number of hydrogen-bond acceptors (Lipinski definition) is 5. The van der Waals surface area contributed by atoms with Gasteiger partial charge in [0, 0.05) is 16.2 Å². The van der Waals surface area contributed by atoms with Crippen molar-refractivity contribution in [2.75, 3.05) is 6.61 Å². The van der Waals surface area contributed by atoms with Crippen LogP contribution < -0.4 is 10.5 Å². The number of carbonyl (C=O) groups is 1. The van der Waals surface area contributed by atoms with E-state index in [9.17, 15) is 9.90 Å². The van der Waals surface area contributed by atoms with Crippen molar-refractivity contribution in [2.24, 2.45) is 5.73 Å². The second kappa shape index (κ2) is 9.53. The number of phenols is 1. The van der Waals surface area contributed by atoms with Crippen LogP contribution in [0.5, 0.6) is 11.5 Å². The molecule has 0 bridgehead atoms. The predicted octanol–water partition coefficient (Wildman–Crippen LogP) is 4.77. The van der Waals surface area contributed by atoms with E-state index < -0.39 is 5.91 Å². The van der Waals surface area contributed by atoms with Gasteiger partial charge in [0.2, 0.25) is 0 Å². The summed E-state index contributed by atoms with van der Waals surface area (Å²) in [4.78, 5) is 12.4. The quantitative estimate of drug-likeness (QED) is 0.389. The van der Waals surface area contributed by atoms with Gasteiger partial charge in [-0.3, -0.25) is 4.79 Å². The van der Waals surface area contributed by atoms with Gasteiger partial charge in [-0.1, -0.05) is 32.9 Å². The number of carbonyl (C=O) groups excluding carboxylic acids is 1. The van der Waals surface area contributed by atoms with Gasteiger partial charge in [-0.15, -0.1) is 11.8 Å². The molecule has 0 spiro atoms. The zero-order valence-electron chi connectivity index (χ0n) is 17.2. The molecule has 3 N–H and O–H groups in total. The second-order valence-corrected chi connectivity index (χ2v) is 8.61. The van der Waals surface area contributed by atoms with E-state index in [4.69, 9.17) is 15.7 Å². The molecule has 0 aliphatic rings. The van der Waals surface area contributed by atoms with Crippen LogP contribution in [0.15, 0.2) is 46.9 Å². The monoisotopic (exact) mass is 410 g/mol. The van der Waals surface area contributed by atoms with E-state index in [-0.39, 0.29) is 16.7 Å². The zero-order valence-corrected chi connectivity index (χ0v) is 18.0. The van der Waals surface area contributed by atoms with Crippen LogP contribution in [0.25, 0.3) is 6.08 Å². The molecule has 152 valence electrons. The minimum Gasteiger partial charge on any atom is -0.504 e. The maximum Gasteiger partial charge on any atom is 0.259 e. The average Bonchev–Trinajstić information content (AvgIpc) is 2.66. The summed E-state index contributed by atoms with van der Waals surface area (Å²) in [5, 5.41) is 19.6. The molecule has 0 unspecified atom stereocenters. The number of amides is 1. The summed E-state index contributed by atoms with van der Waals surface area (Å²) < 4.78 is 5.51. The third-order valence-corrected chi connectivity index (χ3v) is 5.35. The second-order valence-electron chi connectivity index (χ2n) is 7.56. The number of ether oxygens (including phenoxy) is 1. The summed E-state index contributed by atoms with van der Waals surface area (Å²) in [6.45, 7) is 8.70. The van der Waals surface area contributed by atoms with Gasteiger partial charge in [0.1, 0.15) is 11.6 Å². The fourth-order valence-electron chi connectivity index (χ4n) is 2.69. The van der Waals surface area contributed by atoms with Crippen LogP contribution >= 0.6 is 11.8 Å². The van der Waals surface area contributed by atoms with Gasteiger partial charge in [0.05, 0.1) is 6.61 Å². The standard InChI is InChI=1S/C23H26N2O3S/c1-5-28-20-12-15(10-16(13-24)22(25)27)11-17(21(20)26)14-29-19-8-6-18(7-9-19)23(2,3)4/h6-12,26H,5,14H2,1-4H3,(H2,25,27)/b16-10+. The summed E-state index contributed by atoms with van der Waals surface area (Å²) in [6, 6.07) is 13.5. The van der Waals surface area contributed by atoms with Crippen LogP contribution in [0.1, 0.15) is 44.4 Å². The summed E-state index contributed by atoms with van der Waals surface area (Å²) in [5.74, 6) is 0.0662. The Kier molecular flexibility index (Phi) is 7.35. The van der Waals surface area contributed by atoms with E-state index in [0.717, 1.165) is 4.90 Å². The Morgan fingerprint density at radius 3 is 2.45 bits per heavy atom. The zero-order chi connectivity index (χ0) is 21.6. The Balaban J connectivity index is 2.31. The first-order valence-electron chi connectivity index (χ1n) is 9.29. The Morgan fingerprint density at radius 1 is 1.28 bits per heavy atom. The van der Waals surface area contributed by atoms with Crippen LogP contribution in [-0.4, -0.2) is 17.6 Å². The first-order valence-corrected chi connectivity index (χ1v) is 10.3. The van der Waals surface area contributed by atoms with Gasteiger partial charge < -0.3 is 15.6 Å². The topological polar surface area (TPSA) is 96.3 Å². The Hall–Kier alpha value is -2.91. The van der Waals surface area contributed by atoms with Crippen molar-refractivity contribution in [3.05, 3.63) is 58.7 Å². The number of nitrogens with zero attached hydrogens (tertiary/aromatic N) is 1. The number of aromatic hydroxyl groups is 1. The first kappa shape index (κ1) is 22.4. The van der Waals surface area contributed by atoms with Crippen LogP contribution in [0.2, 0.25) is 0 Å². The van der Waals surface area contributed by atoms with Gasteiger partial charge in [-0.2, -0.15) is 5.26 Å². The molecule has 0 fully saturated rings. The van der Waals surface area contributed by atoms with E-state index in [2.05, 4.69) is 45.0 Å². The molecule has 0 saturated heterocycles. The summed E-state index contributed by atoms with van der Waals surface area (Å²) >= 11 is 1.58. The van der Waals surface area contributed by atoms with Gasteiger partial charge in [0.25, 0.3) is 5.91 Å². The van der Waals surface area contributed by atoms with Gasteiger partial charge in [-0.25, -0.2) is 0 Å². The molecule has 2 aromatic carbocycles. The number of hydrogen-bond donors (Lipinski definition) is 2. The lowest BCUT2D eigenvalue weighted by Gasteiger charge is -2.19. The van der Waals surface area contributed by atoms with E-state index in [1.54, 1.807) is 30.0 Å². The molecule has 5 nitrogen and oxygen atoms in total. The highest BCUT2D eigenvalue weighted by Crippen LogP contribution is 2.36. The molecule has 0 heterocycles. The Labute approximate surface area is 176 Å². The molecule has 0 atom stereocenters. The highest BCUT2D eigenvalue weighted by Gasteiger charge is 2.15. The number of nitriles is 1. The largest absolute Gasteiger partial charge is 0.504 e. The van der Waals surface area contributed by atoms with E-state index in [1.807, 2.05) is 6.92 Å². The normalized spacial score (nSPS) is 11.8. The first-order chi connectivity index (χ1) is 13.7. The number of rotatable bonds is 7. The van der Waals surface area contributed by atoms with E-state index >= 15 is 0 Å². The molecular formula is C23H26N2O3S. The van der Waals surface area contributed by atoms with Crippen molar-refractivity contribution in [1.82, 2.24) is 0 Å². The molecule has 0 saturated carbocycles. The Morgan fingerprint density at radius 2 is 1.93 bits per heavy atom. The fraction of sp³-hybridized carbons (Fsp3) is 0.304. The molecule has 0 aliphatic heterocycles. The minimum atomic E-state index is -0.798. The van der Waals surface area contributed by atoms with Crippen LogP contribution in [0.3, 0.4) is 0 Å². The van der Waals surface area contributed by atoms with Gasteiger partial charge in [-0.05, 0) is 53.8 Å². The third-order valence-electron chi connectivity index (χ3n) is 4.29. The highest BCUT2D eigenvalue weighted by molar-refractivity contribution is 7.98. The number of phenolic OH excluding ortho intramolecular Hbond substituents is 1. The van der Waals surface area contributed by atoms with Crippen molar-refractivity contribution in [3.8, 4) is 17.6 Å². The molecule has 2 rings (SSSR count). The van der Waals surface area contributed by atoms with Crippen LogP contribution in [0.4, 0.5) is 0 Å². The SMILES string of the molecule is CCOc1cc(/C=C(\C#N)C(N)=O)cc(CSc2ccc(C(C)(C)C)cc2)c1O. The molecule has 6 heteroatoms. The summed E-state index contributed by atoms with van der Waals surface area (Å²) in [5.41, 5.74) is 7.63. The molecular weight excluding hydrogens is 384 g/mol. The number of thioether (sulfide) groups is 1. The Bertz CT molecular complexity index is 952. The molecule has 1 amide bonds. The smallest absolute Gasteiger partial charge is 0.259 e. The van der Waals surface area contributed by atoms with Crippen LogP contribution in [-0.2, 0) is 16.0 Å². The summed E-state index contributed by atoms with van der Waals surface area (Å²) in [6.07, 6.45) is 1.40. The molecule has 0 aromatic heterocycles. The van der Waals surface area contributed by atoms with Crippen molar-refractivity contribution < 1.29 is 14.6 Å². The fourth-order valence-corrected chi connectivity index (χ4v) is 3.56. The number of benzene rings is 2. The van der Waals surface area contributed by atoms with Crippen molar-refractivity contribution in [3.63, 3.8) is 0 Å². The van der Waals surface area contributed by atoms with E-state index in [0.29, 0.717) is 29.2 Å². The number of primary amides is 1. The third kappa shape index (κ3) is 6.03. The van der Waals surface area contributed by atoms with Crippen LogP contribution in [0, 0.1) is 11.3 Å². The van der Waals surface area contributed by atoms with Crippen molar-refractivity contribution in [2.45, 2.75) is 43.8 Å². The lowest BCUT2D eigenvalue weighted by atomic mass is 9.87. The number of nitrogens with two attached hydrogens (primary N) is 1. The highest BCUT2D eigenvalue weighted by atomic mass is 32.2. The van der Waals surface area contributed by atoms with Crippen molar-refractivity contribution in [1.29, 1.82) is 5.26 Å². The van der Waals surface area contributed by atoms with Gasteiger partial charge in [0.15, 0.2) is 11.5 Å². The molecule has 2 aromatic rings. The van der Waals surface area contributed by atoms with E-state index in [1.165, 1.54) is 11.6 Å². The summed E-state index contributed by atoms with van der Waals surface area (Å²) in [7, 11) is 0. The maximum atomic E-state index is 11.4. The molecule has 0 radical (unpaired) electrons. The van der Waals surface area contributed by atoms with Gasteiger partial charge >= 0.3 is 0 Å². The van der Waals surface area contributed by atoms with Crippen molar-refractivity contribution >= 4 is 23.7 Å². The minimum absolute atomic E-state index is 0.0559. The average molecular weight is 411 g/mol. The predicted molar refractivity (Wildman–Crippen MR) is 117 cm³/mol. The maximum absolute atomic E-state index is 11.4. The molecule has 29 heavy (non-hydrogen) atoms. The lowest BCUT2D eigenvalue weighted by molar-refractivity contribution is -0.114.